The number of amides is 3. The molecule has 0 radical (unpaired) electrons. The van der Waals surface area contributed by atoms with Crippen LogP contribution in [0.3, 0.4) is 0 Å². The molecular weight excluding hydrogens is 652 g/mol. The number of nitrogens with two attached hydrogens (primary N) is 1. The number of carbonyl (C=O) groups excluding carboxylic acids is 5. The van der Waals surface area contributed by atoms with E-state index in [0.29, 0.717) is 25.8 Å². The van der Waals surface area contributed by atoms with Gasteiger partial charge in [0.2, 0.25) is 5.91 Å². The van der Waals surface area contributed by atoms with Gasteiger partial charge in [0.15, 0.2) is 0 Å². The highest BCUT2D eigenvalue weighted by Gasteiger charge is 2.31. The molecule has 0 saturated heterocycles. The molecule has 3 unspecified atom stereocenters. The molecule has 2 aromatic rings. The first-order valence-electron chi connectivity index (χ1n) is 18.2. The number of urea groups is 1. The zero-order chi connectivity index (χ0) is 37.6. The van der Waals surface area contributed by atoms with Crippen LogP contribution in [0.1, 0.15) is 111 Å². The van der Waals surface area contributed by atoms with Crippen molar-refractivity contribution in [3.8, 4) is 0 Å². The van der Waals surface area contributed by atoms with E-state index < -0.39 is 53.3 Å². The number of benzene rings is 2. The number of fused-ring (bicyclic) bond motifs is 1. The lowest BCUT2D eigenvalue weighted by molar-refractivity contribution is -0.158. The lowest BCUT2D eigenvalue weighted by Crippen LogP contribution is -2.52. The summed E-state index contributed by atoms with van der Waals surface area (Å²) in [5.74, 6) is -2.06. The van der Waals surface area contributed by atoms with Gasteiger partial charge in [-0.1, -0.05) is 48.9 Å². The summed E-state index contributed by atoms with van der Waals surface area (Å²) < 4.78 is 16.6. The van der Waals surface area contributed by atoms with Crippen LogP contribution < -0.4 is 21.7 Å². The first kappa shape index (κ1) is 41.2. The van der Waals surface area contributed by atoms with Crippen molar-refractivity contribution in [1.29, 1.82) is 0 Å². The first-order valence-corrected chi connectivity index (χ1v) is 18.2. The van der Waals surface area contributed by atoms with Crippen molar-refractivity contribution in [2.45, 2.75) is 148 Å². The third-order valence-corrected chi connectivity index (χ3v) is 8.30. The molecule has 0 aliphatic heterocycles. The van der Waals surface area contributed by atoms with Gasteiger partial charge in [-0.25, -0.2) is 14.4 Å². The Morgan fingerprint density at radius 1 is 0.784 bits per heavy atom. The molecule has 3 amide bonds. The zero-order valence-electron chi connectivity index (χ0n) is 31.2. The summed E-state index contributed by atoms with van der Waals surface area (Å²) in [6.45, 7) is 10.7. The predicted molar refractivity (Wildman–Crippen MR) is 196 cm³/mol. The average Bonchev–Trinajstić information content (AvgIpc) is 3.04. The number of rotatable bonds is 16. The third-order valence-electron chi connectivity index (χ3n) is 8.30. The van der Waals surface area contributed by atoms with E-state index >= 15 is 0 Å². The molecule has 0 spiro atoms. The Hall–Kier alpha value is -4.19. The predicted octanol–water partition coefficient (Wildman–Crippen LogP) is 5.37. The van der Waals surface area contributed by atoms with Crippen molar-refractivity contribution in [3.05, 3.63) is 48.0 Å². The molecule has 12 heteroatoms. The number of carbonyl (C=O) groups is 5. The fourth-order valence-electron chi connectivity index (χ4n) is 5.84. The summed E-state index contributed by atoms with van der Waals surface area (Å²) in [6, 6.07) is 10.4. The molecule has 1 fully saturated rings. The molecule has 2 aromatic carbocycles. The second-order valence-corrected chi connectivity index (χ2v) is 15.4. The molecule has 1 aliphatic carbocycles. The topological polar surface area (TPSA) is 175 Å². The van der Waals surface area contributed by atoms with Crippen molar-refractivity contribution in [3.63, 3.8) is 0 Å². The maximum absolute atomic E-state index is 13.3. The van der Waals surface area contributed by atoms with Crippen molar-refractivity contribution in [1.82, 2.24) is 16.0 Å². The highest BCUT2D eigenvalue weighted by atomic mass is 16.6. The van der Waals surface area contributed by atoms with E-state index in [1.54, 1.807) is 41.5 Å². The highest BCUT2D eigenvalue weighted by molar-refractivity contribution is 5.88. The number of hydrogen-bond acceptors (Lipinski definition) is 9. The summed E-state index contributed by atoms with van der Waals surface area (Å²) in [4.78, 5) is 64.7. The summed E-state index contributed by atoms with van der Waals surface area (Å²) in [7, 11) is 0. The summed E-state index contributed by atoms with van der Waals surface area (Å²) >= 11 is 0. The molecule has 5 N–H and O–H groups in total. The van der Waals surface area contributed by atoms with Gasteiger partial charge in [-0.05, 0) is 116 Å². The van der Waals surface area contributed by atoms with Gasteiger partial charge >= 0.3 is 23.9 Å². The molecule has 1 aliphatic rings. The second-order valence-electron chi connectivity index (χ2n) is 15.4. The minimum Gasteiger partial charge on any atom is -0.461 e. The van der Waals surface area contributed by atoms with Crippen molar-refractivity contribution in [2.24, 2.45) is 5.73 Å². The van der Waals surface area contributed by atoms with E-state index in [4.69, 9.17) is 19.9 Å². The standard InChI is InChI=1S/C39H58N4O8/c1-38(2,3)50-33(44)22-21-32(36(47)51-39(4,5)6)43-37(48)42-31(35(46)49-29-16-8-7-9-17-29)18-12-13-23-41-34(45)30(40)25-26-19-20-27-14-10-11-15-28(27)24-26/h10-11,14-15,19-20,24,29-32H,7-9,12-13,16-18,21-23,25,40H2,1-6H3,(H,41,45)(H2,42,43,48). The Kier molecular flexibility index (Phi) is 15.7. The Morgan fingerprint density at radius 2 is 1.41 bits per heavy atom. The monoisotopic (exact) mass is 710 g/mol. The van der Waals surface area contributed by atoms with Crippen LogP contribution in [0, 0.1) is 0 Å². The van der Waals surface area contributed by atoms with E-state index in [1.165, 1.54) is 0 Å². The Morgan fingerprint density at radius 3 is 2.06 bits per heavy atom. The molecule has 0 bridgehead atoms. The smallest absolute Gasteiger partial charge is 0.329 e. The fourth-order valence-corrected chi connectivity index (χ4v) is 5.84. The van der Waals surface area contributed by atoms with Crippen molar-refractivity contribution >= 4 is 40.6 Å². The quantitative estimate of drug-likeness (QED) is 0.101. The van der Waals surface area contributed by atoms with Crippen LogP contribution in [0.25, 0.3) is 10.8 Å². The Bertz CT molecular complexity index is 1480. The average molecular weight is 711 g/mol. The molecule has 51 heavy (non-hydrogen) atoms. The highest BCUT2D eigenvalue weighted by Crippen LogP contribution is 2.22. The van der Waals surface area contributed by atoms with E-state index in [-0.39, 0.29) is 31.3 Å². The normalized spacial score (nSPS) is 15.6. The second kappa shape index (κ2) is 19.4. The summed E-state index contributed by atoms with van der Waals surface area (Å²) in [6.07, 6.45) is 5.80. The van der Waals surface area contributed by atoms with Gasteiger partial charge in [-0.15, -0.1) is 0 Å². The molecule has 0 heterocycles. The van der Waals surface area contributed by atoms with E-state index in [0.717, 1.165) is 48.4 Å². The number of nitrogens with one attached hydrogen (secondary N) is 3. The van der Waals surface area contributed by atoms with Gasteiger partial charge in [0.05, 0.1) is 6.04 Å². The summed E-state index contributed by atoms with van der Waals surface area (Å²) in [5, 5.41) is 10.4. The van der Waals surface area contributed by atoms with Crippen LogP contribution in [0.2, 0.25) is 0 Å². The zero-order valence-corrected chi connectivity index (χ0v) is 31.2. The third kappa shape index (κ3) is 15.7. The number of ether oxygens (including phenoxy) is 3. The van der Waals surface area contributed by atoms with Gasteiger partial charge in [-0.3, -0.25) is 9.59 Å². The number of esters is 3. The van der Waals surface area contributed by atoms with Crippen LogP contribution in [0.4, 0.5) is 4.79 Å². The van der Waals surface area contributed by atoms with Crippen molar-refractivity contribution in [2.75, 3.05) is 6.54 Å². The lowest BCUT2D eigenvalue weighted by Gasteiger charge is -2.27. The van der Waals surface area contributed by atoms with E-state index in [2.05, 4.69) is 16.0 Å². The van der Waals surface area contributed by atoms with Crippen LogP contribution >= 0.6 is 0 Å². The maximum Gasteiger partial charge on any atom is 0.329 e. The minimum atomic E-state index is -1.17. The molecule has 0 aromatic heterocycles. The van der Waals surface area contributed by atoms with Gasteiger partial charge in [0, 0.05) is 13.0 Å². The lowest BCUT2D eigenvalue weighted by atomic mass is 9.97. The fraction of sp³-hybridized carbons (Fsp3) is 0.615. The van der Waals surface area contributed by atoms with Gasteiger partial charge in [0.25, 0.3) is 0 Å². The number of unbranched alkanes of at least 4 members (excludes halogenated alkanes) is 1. The molecule has 1 saturated carbocycles. The van der Waals surface area contributed by atoms with Gasteiger partial charge < -0.3 is 35.9 Å². The van der Waals surface area contributed by atoms with Crippen LogP contribution in [-0.4, -0.2) is 71.8 Å². The SMILES string of the molecule is CC(C)(C)OC(=O)CCC(NC(=O)NC(CCCCNC(=O)C(N)Cc1ccc2ccccc2c1)C(=O)OC1CCCCC1)C(=O)OC(C)(C)C. The maximum atomic E-state index is 13.3. The van der Waals surface area contributed by atoms with Crippen LogP contribution in [-0.2, 0) is 39.8 Å². The van der Waals surface area contributed by atoms with E-state index in [1.807, 2.05) is 42.5 Å². The molecule has 12 nitrogen and oxygen atoms in total. The molecule has 3 rings (SSSR count). The summed E-state index contributed by atoms with van der Waals surface area (Å²) in [5.41, 5.74) is 5.65. The largest absolute Gasteiger partial charge is 0.461 e. The minimum absolute atomic E-state index is 0.0584. The molecule has 3 atom stereocenters. The van der Waals surface area contributed by atoms with Crippen LogP contribution in [0.15, 0.2) is 42.5 Å². The van der Waals surface area contributed by atoms with Crippen LogP contribution in [0.5, 0.6) is 0 Å². The van der Waals surface area contributed by atoms with Gasteiger partial charge in [-0.2, -0.15) is 0 Å². The Labute approximate surface area is 302 Å². The van der Waals surface area contributed by atoms with Gasteiger partial charge in [0.1, 0.15) is 29.4 Å². The molecule has 282 valence electrons. The first-order chi connectivity index (χ1) is 24.0. The number of hydrogen-bond donors (Lipinski definition) is 4. The van der Waals surface area contributed by atoms with E-state index in [9.17, 15) is 24.0 Å². The molecular formula is C39H58N4O8. The van der Waals surface area contributed by atoms with Crippen molar-refractivity contribution < 1.29 is 38.2 Å². The Balaban J connectivity index is 1.56.